The number of hydrogen-bond donors (Lipinski definition) is 2. The van der Waals surface area contributed by atoms with Gasteiger partial charge in [-0.05, 0) is 66.3 Å². The van der Waals surface area contributed by atoms with E-state index in [0.29, 0.717) is 0 Å². The summed E-state index contributed by atoms with van der Waals surface area (Å²) in [5.41, 5.74) is 4.84. The monoisotopic (exact) mass is 270 g/mol. The topological polar surface area (TPSA) is 61.6 Å². The van der Waals surface area contributed by atoms with Crippen LogP contribution in [0.5, 0.6) is 0 Å². The summed E-state index contributed by atoms with van der Waals surface area (Å²) < 4.78 is 0. The number of nitrogens with one attached hydrogen (secondary N) is 1. The van der Waals surface area contributed by atoms with E-state index >= 15 is 0 Å². The molecule has 1 atom stereocenters. The summed E-state index contributed by atoms with van der Waals surface area (Å²) >= 11 is 0. The largest absolute Gasteiger partial charge is 0.368 e. The second-order valence-electron chi connectivity index (χ2n) is 5.90. The van der Waals surface area contributed by atoms with Crippen LogP contribution in [0.4, 0.5) is 0 Å². The SMILES string of the molecule is CNC(C)(CCCN(C)CCN1CCCC1)C(N)=O. The lowest BCUT2D eigenvalue weighted by Gasteiger charge is -2.27. The lowest BCUT2D eigenvalue weighted by Crippen LogP contribution is -2.51. The molecule has 1 amide bonds. The molecule has 19 heavy (non-hydrogen) atoms. The molecule has 0 saturated carbocycles. The van der Waals surface area contributed by atoms with Gasteiger partial charge in [0.15, 0.2) is 0 Å². The number of likely N-dealkylation sites (N-methyl/N-ethyl adjacent to an activating group) is 2. The number of carbonyl (C=O) groups excluding carboxylic acids is 1. The smallest absolute Gasteiger partial charge is 0.237 e. The molecular weight excluding hydrogens is 240 g/mol. The van der Waals surface area contributed by atoms with Gasteiger partial charge in [0, 0.05) is 13.1 Å². The predicted molar refractivity (Wildman–Crippen MR) is 79.1 cm³/mol. The third kappa shape index (κ3) is 5.47. The Balaban J connectivity index is 2.15. The fourth-order valence-electron chi connectivity index (χ4n) is 2.50. The number of likely N-dealkylation sites (tertiary alicyclic amines) is 1. The molecule has 0 aliphatic carbocycles. The first kappa shape index (κ1) is 16.4. The van der Waals surface area contributed by atoms with E-state index in [4.69, 9.17) is 5.73 Å². The minimum absolute atomic E-state index is 0.269. The van der Waals surface area contributed by atoms with Crippen molar-refractivity contribution in [1.82, 2.24) is 15.1 Å². The highest BCUT2D eigenvalue weighted by atomic mass is 16.1. The van der Waals surface area contributed by atoms with E-state index in [-0.39, 0.29) is 5.91 Å². The van der Waals surface area contributed by atoms with Crippen molar-refractivity contribution < 1.29 is 4.79 Å². The summed E-state index contributed by atoms with van der Waals surface area (Å²) in [6.07, 6.45) is 4.47. The summed E-state index contributed by atoms with van der Waals surface area (Å²) in [5.74, 6) is -0.269. The zero-order valence-corrected chi connectivity index (χ0v) is 12.7. The lowest BCUT2D eigenvalue weighted by atomic mass is 9.95. The van der Waals surface area contributed by atoms with Crippen LogP contribution in [-0.2, 0) is 4.79 Å². The quantitative estimate of drug-likeness (QED) is 0.631. The lowest BCUT2D eigenvalue weighted by molar-refractivity contribution is -0.123. The third-order valence-electron chi connectivity index (χ3n) is 4.31. The van der Waals surface area contributed by atoms with Gasteiger partial charge in [-0.25, -0.2) is 0 Å². The average Bonchev–Trinajstić information content (AvgIpc) is 2.89. The van der Waals surface area contributed by atoms with Crippen molar-refractivity contribution in [3.8, 4) is 0 Å². The number of amides is 1. The summed E-state index contributed by atoms with van der Waals surface area (Å²) in [6.45, 7) is 7.67. The van der Waals surface area contributed by atoms with Crippen molar-refractivity contribution >= 4 is 5.91 Å². The molecule has 0 aromatic heterocycles. The number of primary amides is 1. The summed E-state index contributed by atoms with van der Waals surface area (Å²) in [4.78, 5) is 16.2. The number of hydrogen-bond acceptors (Lipinski definition) is 4. The highest BCUT2D eigenvalue weighted by Crippen LogP contribution is 2.12. The van der Waals surface area contributed by atoms with Gasteiger partial charge in [-0.2, -0.15) is 0 Å². The Labute approximate surface area is 117 Å². The minimum Gasteiger partial charge on any atom is -0.368 e. The van der Waals surface area contributed by atoms with Crippen LogP contribution in [0.15, 0.2) is 0 Å². The summed E-state index contributed by atoms with van der Waals surface area (Å²) in [5, 5.41) is 3.03. The second-order valence-corrected chi connectivity index (χ2v) is 5.90. The van der Waals surface area contributed by atoms with Crippen LogP contribution < -0.4 is 11.1 Å². The van der Waals surface area contributed by atoms with E-state index < -0.39 is 5.54 Å². The first-order valence-electron chi connectivity index (χ1n) is 7.37. The van der Waals surface area contributed by atoms with Crippen LogP contribution >= 0.6 is 0 Å². The molecular formula is C14H30N4O. The van der Waals surface area contributed by atoms with Gasteiger partial charge in [0.05, 0.1) is 5.54 Å². The van der Waals surface area contributed by atoms with Gasteiger partial charge in [-0.1, -0.05) is 0 Å². The Morgan fingerprint density at radius 2 is 2.00 bits per heavy atom. The molecule has 1 heterocycles. The predicted octanol–water partition coefficient (Wildman–Crippen LogP) is 0.258. The molecule has 0 aromatic carbocycles. The zero-order valence-electron chi connectivity index (χ0n) is 12.7. The molecule has 0 aromatic rings. The maximum absolute atomic E-state index is 11.4. The molecule has 3 N–H and O–H groups in total. The van der Waals surface area contributed by atoms with Gasteiger partial charge in [-0.15, -0.1) is 0 Å². The standard InChI is InChI=1S/C14H30N4O/c1-14(16-2,13(15)19)7-6-8-17(3)11-12-18-9-4-5-10-18/h16H,4-12H2,1-3H3,(H2,15,19). The van der Waals surface area contributed by atoms with E-state index in [2.05, 4.69) is 22.2 Å². The van der Waals surface area contributed by atoms with Crippen molar-refractivity contribution in [2.75, 3.05) is 46.8 Å². The van der Waals surface area contributed by atoms with E-state index in [9.17, 15) is 4.79 Å². The van der Waals surface area contributed by atoms with Crippen molar-refractivity contribution in [3.63, 3.8) is 0 Å². The second kappa shape index (κ2) is 7.82. The highest BCUT2D eigenvalue weighted by Gasteiger charge is 2.28. The molecule has 1 aliphatic heterocycles. The molecule has 1 unspecified atom stereocenters. The normalized spacial score (nSPS) is 19.8. The number of nitrogens with zero attached hydrogens (tertiary/aromatic N) is 2. The average molecular weight is 270 g/mol. The molecule has 1 saturated heterocycles. The maximum Gasteiger partial charge on any atom is 0.237 e. The molecule has 0 spiro atoms. The Morgan fingerprint density at radius 1 is 1.37 bits per heavy atom. The van der Waals surface area contributed by atoms with Crippen molar-refractivity contribution in [1.29, 1.82) is 0 Å². The molecule has 0 radical (unpaired) electrons. The van der Waals surface area contributed by atoms with Crippen LogP contribution in [0.1, 0.15) is 32.6 Å². The molecule has 1 fully saturated rings. The van der Waals surface area contributed by atoms with Crippen LogP contribution in [-0.4, -0.2) is 68.1 Å². The summed E-state index contributed by atoms with van der Waals surface area (Å²) in [7, 11) is 3.94. The first-order chi connectivity index (χ1) is 8.98. The first-order valence-corrected chi connectivity index (χ1v) is 7.37. The van der Waals surface area contributed by atoms with E-state index in [1.165, 1.54) is 25.9 Å². The highest BCUT2D eigenvalue weighted by molar-refractivity contribution is 5.84. The van der Waals surface area contributed by atoms with Gasteiger partial charge < -0.3 is 20.9 Å². The Hall–Kier alpha value is -0.650. The van der Waals surface area contributed by atoms with Gasteiger partial charge >= 0.3 is 0 Å². The Morgan fingerprint density at radius 3 is 2.53 bits per heavy atom. The number of rotatable bonds is 9. The van der Waals surface area contributed by atoms with E-state index in [1.54, 1.807) is 7.05 Å². The van der Waals surface area contributed by atoms with Crippen LogP contribution in [0, 0.1) is 0 Å². The number of nitrogens with two attached hydrogens (primary N) is 1. The van der Waals surface area contributed by atoms with Crippen molar-refractivity contribution in [2.24, 2.45) is 5.73 Å². The molecule has 5 heteroatoms. The maximum atomic E-state index is 11.4. The fourth-order valence-corrected chi connectivity index (χ4v) is 2.50. The van der Waals surface area contributed by atoms with Crippen LogP contribution in [0.25, 0.3) is 0 Å². The van der Waals surface area contributed by atoms with Gasteiger partial charge in [0.2, 0.25) is 5.91 Å². The minimum atomic E-state index is -0.574. The molecule has 1 aliphatic rings. The van der Waals surface area contributed by atoms with Gasteiger partial charge in [0.25, 0.3) is 0 Å². The molecule has 0 bridgehead atoms. The third-order valence-corrected chi connectivity index (χ3v) is 4.31. The Kier molecular flexibility index (Phi) is 6.75. The molecule has 112 valence electrons. The van der Waals surface area contributed by atoms with E-state index in [1.807, 2.05) is 6.92 Å². The van der Waals surface area contributed by atoms with Crippen molar-refractivity contribution in [3.05, 3.63) is 0 Å². The van der Waals surface area contributed by atoms with Crippen LogP contribution in [0.2, 0.25) is 0 Å². The van der Waals surface area contributed by atoms with Gasteiger partial charge in [-0.3, -0.25) is 4.79 Å². The van der Waals surface area contributed by atoms with Gasteiger partial charge in [0.1, 0.15) is 0 Å². The molecule has 1 rings (SSSR count). The van der Waals surface area contributed by atoms with Crippen LogP contribution in [0.3, 0.4) is 0 Å². The fraction of sp³-hybridized carbons (Fsp3) is 0.929. The zero-order chi connectivity index (χ0) is 14.3. The Bertz CT molecular complexity index is 279. The summed E-state index contributed by atoms with van der Waals surface area (Å²) in [6, 6.07) is 0. The van der Waals surface area contributed by atoms with E-state index in [0.717, 1.165) is 32.5 Å². The molecule has 5 nitrogen and oxygen atoms in total. The number of carbonyl (C=O) groups is 1. The van der Waals surface area contributed by atoms with Crippen molar-refractivity contribution in [2.45, 2.75) is 38.1 Å².